The zero-order chi connectivity index (χ0) is 13.3. The van der Waals surface area contributed by atoms with Gasteiger partial charge in [0, 0.05) is 5.92 Å². The van der Waals surface area contributed by atoms with Gasteiger partial charge in [-0.1, -0.05) is 30.6 Å². The Hall–Kier alpha value is -1.96. The molecular formula is C9H10ClN5O3. The van der Waals surface area contributed by atoms with Gasteiger partial charge in [0.1, 0.15) is 6.54 Å². The fourth-order valence-corrected chi connectivity index (χ4v) is 1.52. The third-order valence-corrected chi connectivity index (χ3v) is 2.44. The Balaban J connectivity index is 2.18. The largest absolute Gasteiger partial charge is 0.408 e. The van der Waals surface area contributed by atoms with Crippen LogP contribution < -0.4 is 0 Å². The van der Waals surface area contributed by atoms with E-state index in [4.69, 9.17) is 16.1 Å². The van der Waals surface area contributed by atoms with Crippen LogP contribution in [-0.4, -0.2) is 24.8 Å². The highest BCUT2D eigenvalue weighted by Gasteiger charge is 2.20. The highest BCUT2D eigenvalue weighted by atomic mass is 35.5. The Bertz CT molecular complexity index is 577. The van der Waals surface area contributed by atoms with Gasteiger partial charge in [-0.3, -0.25) is 0 Å². The normalized spacial score (nSPS) is 11.1. The van der Waals surface area contributed by atoms with E-state index in [0.717, 1.165) is 0 Å². The average molecular weight is 272 g/mol. The van der Waals surface area contributed by atoms with E-state index in [1.165, 1.54) is 10.9 Å². The SMILES string of the molecule is CC(C)c1noc(Cn2cc(Cl)c([N+](=O)[O-])n2)n1. The summed E-state index contributed by atoms with van der Waals surface area (Å²) in [4.78, 5) is 14.1. The number of aromatic nitrogens is 4. The van der Waals surface area contributed by atoms with Crippen LogP contribution in [0.1, 0.15) is 31.5 Å². The standard InChI is InChI=1S/C9H10ClN5O3/c1-5(2)8-11-7(18-13-8)4-14-3-6(10)9(12-14)15(16)17/h3,5H,4H2,1-2H3. The van der Waals surface area contributed by atoms with Crippen LogP contribution in [0.5, 0.6) is 0 Å². The Labute approximate surface area is 107 Å². The van der Waals surface area contributed by atoms with E-state index in [0.29, 0.717) is 11.7 Å². The molecule has 0 bridgehead atoms. The van der Waals surface area contributed by atoms with Gasteiger partial charge in [-0.05, 0) is 4.92 Å². The first kappa shape index (κ1) is 12.5. The number of rotatable bonds is 4. The Morgan fingerprint density at radius 1 is 1.61 bits per heavy atom. The van der Waals surface area contributed by atoms with Crippen LogP contribution in [0.15, 0.2) is 10.7 Å². The third-order valence-electron chi connectivity index (χ3n) is 2.17. The summed E-state index contributed by atoms with van der Waals surface area (Å²) in [6.45, 7) is 4.02. The molecule has 0 amide bonds. The maximum atomic E-state index is 10.6. The second-order valence-corrected chi connectivity index (χ2v) is 4.36. The second kappa shape index (κ2) is 4.73. The van der Waals surface area contributed by atoms with Crippen molar-refractivity contribution in [3.05, 3.63) is 33.0 Å². The van der Waals surface area contributed by atoms with Crippen molar-refractivity contribution in [1.29, 1.82) is 0 Å². The van der Waals surface area contributed by atoms with Crippen molar-refractivity contribution >= 4 is 17.4 Å². The molecule has 0 spiro atoms. The van der Waals surface area contributed by atoms with Gasteiger partial charge in [-0.2, -0.15) is 9.67 Å². The van der Waals surface area contributed by atoms with E-state index in [1.54, 1.807) is 0 Å². The third kappa shape index (κ3) is 2.48. The number of nitrogens with zero attached hydrogens (tertiary/aromatic N) is 5. The summed E-state index contributed by atoms with van der Waals surface area (Å²) >= 11 is 5.67. The highest BCUT2D eigenvalue weighted by Crippen LogP contribution is 2.21. The number of hydrogen-bond donors (Lipinski definition) is 0. The minimum Gasteiger partial charge on any atom is -0.358 e. The van der Waals surface area contributed by atoms with E-state index < -0.39 is 4.92 Å². The van der Waals surface area contributed by atoms with E-state index in [1.807, 2.05) is 13.8 Å². The summed E-state index contributed by atoms with van der Waals surface area (Å²) in [7, 11) is 0. The van der Waals surface area contributed by atoms with E-state index >= 15 is 0 Å². The Morgan fingerprint density at radius 3 is 2.83 bits per heavy atom. The molecule has 2 aromatic rings. The summed E-state index contributed by atoms with van der Waals surface area (Å²) in [6, 6.07) is 0. The second-order valence-electron chi connectivity index (χ2n) is 3.96. The maximum absolute atomic E-state index is 10.6. The summed E-state index contributed by atoms with van der Waals surface area (Å²) < 4.78 is 6.29. The van der Waals surface area contributed by atoms with Gasteiger partial charge in [0.2, 0.25) is 5.89 Å². The molecule has 2 rings (SSSR count). The summed E-state index contributed by atoms with van der Waals surface area (Å²) in [5, 5.41) is 18.0. The van der Waals surface area contributed by atoms with Crippen LogP contribution in [0.2, 0.25) is 5.02 Å². The van der Waals surface area contributed by atoms with Gasteiger partial charge in [-0.25, -0.2) is 0 Å². The molecule has 0 radical (unpaired) electrons. The van der Waals surface area contributed by atoms with Crippen molar-refractivity contribution in [2.24, 2.45) is 0 Å². The predicted octanol–water partition coefficient (Wildman–Crippen LogP) is 2.00. The topological polar surface area (TPSA) is 99.9 Å². The first-order chi connectivity index (χ1) is 8.47. The van der Waals surface area contributed by atoms with Gasteiger partial charge in [-0.15, -0.1) is 0 Å². The van der Waals surface area contributed by atoms with Gasteiger partial charge in [0.25, 0.3) is 0 Å². The van der Waals surface area contributed by atoms with E-state index in [2.05, 4.69) is 15.2 Å². The first-order valence-corrected chi connectivity index (χ1v) is 5.55. The van der Waals surface area contributed by atoms with Crippen molar-refractivity contribution in [2.75, 3.05) is 0 Å². The monoisotopic (exact) mass is 271 g/mol. The first-order valence-electron chi connectivity index (χ1n) is 5.17. The predicted molar refractivity (Wildman–Crippen MR) is 61.4 cm³/mol. The minimum atomic E-state index is -0.647. The van der Waals surface area contributed by atoms with E-state index in [-0.39, 0.29) is 23.3 Å². The van der Waals surface area contributed by atoms with Crippen LogP contribution >= 0.6 is 11.6 Å². The molecular weight excluding hydrogens is 262 g/mol. The molecule has 96 valence electrons. The van der Waals surface area contributed by atoms with Crippen LogP contribution in [0, 0.1) is 10.1 Å². The molecule has 0 saturated heterocycles. The lowest BCUT2D eigenvalue weighted by Gasteiger charge is -1.92. The molecule has 0 aliphatic rings. The molecule has 18 heavy (non-hydrogen) atoms. The smallest absolute Gasteiger partial charge is 0.358 e. The summed E-state index contributed by atoms with van der Waals surface area (Å²) in [5.74, 6) is 0.670. The van der Waals surface area contributed by atoms with Crippen LogP contribution in [0.25, 0.3) is 0 Å². The van der Waals surface area contributed by atoms with Gasteiger partial charge in [0.05, 0.1) is 11.3 Å². The Kier molecular flexibility index (Phi) is 3.28. The fourth-order valence-electron chi connectivity index (χ4n) is 1.30. The zero-order valence-electron chi connectivity index (χ0n) is 9.70. The quantitative estimate of drug-likeness (QED) is 0.623. The molecule has 0 N–H and O–H groups in total. The van der Waals surface area contributed by atoms with E-state index in [9.17, 15) is 10.1 Å². The number of halogens is 1. The van der Waals surface area contributed by atoms with Crippen molar-refractivity contribution < 1.29 is 9.45 Å². The number of hydrogen-bond acceptors (Lipinski definition) is 6. The van der Waals surface area contributed by atoms with Gasteiger partial charge < -0.3 is 14.6 Å². The molecule has 0 aromatic carbocycles. The molecule has 0 fully saturated rings. The lowest BCUT2D eigenvalue weighted by atomic mass is 10.2. The minimum absolute atomic E-state index is 0.0244. The molecule has 0 aliphatic heterocycles. The molecule has 0 aliphatic carbocycles. The van der Waals surface area contributed by atoms with Crippen molar-refractivity contribution in [2.45, 2.75) is 26.3 Å². The van der Waals surface area contributed by atoms with Crippen LogP contribution in [0.4, 0.5) is 5.82 Å². The van der Waals surface area contributed by atoms with Crippen LogP contribution in [-0.2, 0) is 6.54 Å². The maximum Gasteiger partial charge on any atom is 0.408 e. The Morgan fingerprint density at radius 2 is 2.33 bits per heavy atom. The molecule has 9 heteroatoms. The molecule has 2 heterocycles. The molecule has 0 atom stereocenters. The lowest BCUT2D eigenvalue weighted by Crippen LogP contribution is -2.02. The number of nitro groups is 1. The average Bonchev–Trinajstić information content (AvgIpc) is 2.86. The van der Waals surface area contributed by atoms with Crippen molar-refractivity contribution in [3.63, 3.8) is 0 Å². The summed E-state index contributed by atoms with van der Waals surface area (Å²) in [6.07, 6.45) is 1.35. The van der Waals surface area contributed by atoms with Gasteiger partial charge in [0.15, 0.2) is 10.8 Å². The lowest BCUT2D eigenvalue weighted by molar-refractivity contribution is -0.389. The molecule has 0 saturated carbocycles. The van der Waals surface area contributed by atoms with Gasteiger partial charge >= 0.3 is 5.82 Å². The summed E-state index contributed by atoms with van der Waals surface area (Å²) in [5.41, 5.74) is 0. The van der Waals surface area contributed by atoms with Crippen LogP contribution in [0.3, 0.4) is 0 Å². The molecule has 8 nitrogen and oxygen atoms in total. The molecule has 0 unspecified atom stereocenters. The highest BCUT2D eigenvalue weighted by molar-refractivity contribution is 6.32. The fraction of sp³-hybridized carbons (Fsp3) is 0.444. The molecule has 2 aromatic heterocycles. The van der Waals surface area contributed by atoms with Crippen molar-refractivity contribution in [3.8, 4) is 0 Å². The zero-order valence-corrected chi connectivity index (χ0v) is 10.5. The van der Waals surface area contributed by atoms with Crippen molar-refractivity contribution in [1.82, 2.24) is 19.9 Å².